The second kappa shape index (κ2) is 9.45. The first-order valence-corrected chi connectivity index (χ1v) is 10.4. The van der Waals surface area contributed by atoms with Crippen LogP contribution in [-0.2, 0) is 47.0 Å². The zero-order valence-corrected chi connectivity index (χ0v) is 22.7. The van der Waals surface area contributed by atoms with Gasteiger partial charge in [-0.2, -0.15) is 0 Å². The SMILES string of the molecule is COC1=C(C)C(=O)[C-]=C([C@@H]2C3=Cc4c(O)c(C)c(OC)c(O)c4[C@H](C)N3[C@@H](O)[CH-]N2C)C1=O.[Y]. The van der Waals surface area contributed by atoms with E-state index in [0.717, 1.165) is 0 Å². The third kappa shape index (κ3) is 3.70. The molecule has 4 rings (SSSR count). The van der Waals surface area contributed by atoms with E-state index in [1.54, 1.807) is 36.8 Å². The number of benzene rings is 1. The minimum Gasteiger partial charge on any atom is -0.518 e. The van der Waals surface area contributed by atoms with Crippen LogP contribution in [0, 0.1) is 19.5 Å². The van der Waals surface area contributed by atoms with Gasteiger partial charge in [0.2, 0.25) is 0 Å². The van der Waals surface area contributed by atoms with Crippen LogP contribution in [-0.4, -0.2) is 70.2 Å². The van der Waals surface area contributed by atoms with Gasteiger partial charge in [0.15, 0.2) is 11.5 Å². The van der Waals surface area contributed by atoms with E-state index in [4.69, 9.17) is 9.47 Å². The molecule has 0 bridgehead atoms. The summed E-state index contributed by atoms with van der Waals surface area (Å²) in [5.74, 6) is -1.06. The second-order valence-electron chi connectivity index (χ2n) is 8.32. The number of fused-ring (bicyclic) bond motifs is 2. The smallest absolute Gasteiger partial charge is 0.167 e. The van der Waals surface area contributed by atoms with Crippen molar-refractivity contribution in [2.24, 2.45) is 0 Å². The molecule has 1 saturated heterocycles. The zero-order valence-electron chi connectivity index (χ0n) is 19.8. The number of ketones is 2. The largest absolute Gasteiger partial charge is 0.518 e. The van der Waals surface area contributed by atoms with Crippen LogP contribution in [0.1, 0.15) is 36.6 Å². The van der Waals surface area contributed by atoms with E-state index in [1.807, 2.05) is 0 Å². The number of phenols is 2. The number of hydrogen-bond acceptors (Lipinski definition) is 9. The number of carbonyl (C=O) groups excluding carboxylic acids is 2. The molecular weight excluding hydrogens is 517 g/mol. The summed E-state index contributed by atoms with van der Waals surface area (Å²) >= 11 is 0. The van der Waals surface area contributed by atoms with Crippen LogP contribution in [0.2, 0.25) is 0 Å². The molecule has 2 heterocycles. The molecule has 1 aromatic rings. The molecule has 0 unspecified atom stereocenters. The molecule has 1 radical (unpaired) electrons. The number of allylic oxidation sites excluding steroid dienone is 3. The van der Waals surface area contributed by atoms with E-state index >= 15 is 0 Å². The monoisotopic (exact) mass is 543 g/mol. The predicted octanol–water partition coefficient (Wildman–Crippen LogP) is 1.73. The maximum atomic E-state index is 13.2. The average molecular weight is 543 g/mol. The molecule has 3 atom stereocenters. The summed E-state index contributed by atoms with van der Waals surface area (Å²) in [5.41, 5.74) is 1.79. The average Bonchev–Trinajstić information content (AvgIpc) is 2.75. The van der Waals surface area contributed by atoms with E-state index < -0.39 is 29.9 Å². The molecule has 1 aromatic carbocycles. The molecule has 0 spiro atoms. The van der Waals surface area contributed by atoms with Crippen LogP contribution in [0.15, 0.2) is 22.6 Å². The minimum atomic E-state index is -1.09. The van der Waals surface area contributed by atoms with Crippen LogP contribution < -0.4 is 4.74 Å². The number of aliphatic hydroxyl groups excluding tert-OH is 1. The summed E-state index contributed by atoms with van der Waals surface area (Å²) < 4.78 is 10.5. The van der Waals surface area contributed by atoms with Crippen molar-refractivity contribution in [3.05, 3.63) is 51.9 Å². The summed E-state index contributed by atoms with van der Waals surface area (Å²) in [6, 6.07) is -1.39. The van der Waals surface area contributed by atoms with Gasteiger partial charge in [-0.05, 0) is 27.0 Å². The number of methoxy groups -OCH3 is 2. The van der Waals surface area contributed by atoms with E-state index in [9.17, 15) is 24.9 Å². The molecule has 9 nitrogen and oxygen atoms in total. The van der Waals surface area contributed by atoms with Crippen molar-refractivity contribution in [1.82, 2.24) is 9.80 Å². The number of phenolic OH excluding ortho intramolecular Hbond substituents is 2. The molecule has 3 N–H and O–H groups in total. The number of rotatable bonds is 3. The molecule has 0 aromatic heterocycles. The second-order valence-corrected chi connectivity index (χ2v) is 8.32. The van der Waals surface area contributed by atoms with Crippen LogP contribution in [0.3, 0.4) is 0 Å². The van der Waals surface area contributed by atoms with E-state index in [2.05, 4.69) is 6.08 Å². The summed E-state index contributed by atoms with van der Waals surface area (Å²) in [6.07, 6.45) is 3.19. The Morgan fingerprint density at radius 1 is 1.12 bits per heavy atom. The Hall–Kier alpha value is -2.20. The Labute approximate surface area is 223 Å². The van der Waals surface area contributed by atoms with Gasteiger partial charge in [-0.3, -0.25) is 0 Å². The molecule has 34 heavy (non-hydrogen) atoms. The number of nitrogens with zero attached hydrogens (tertiary/aromatic N) is 2. The van der Waals surface area contributed by atoms with Gasteiger partial charge in [-0.25, -0.2) is 6.54 Å². The summed E-state index contributed by atoms with van der Waals surface area (Å²) in [4.78, 5) is 29.0. The fourth-order valence-electron chi connectivity index (χ4n) is 4.91. The van der Waals surface area contributed by atoms with Gasteiger partial charge in [-0.1, -0.05) is 18.1 Å². The van der Waals surface area contributed by atoms with Gasteiger partial charge in [0.25, 0.3) is 0 Å². The van der Waals surface area contributed by atoms with Crippen molar-refractivity contribution in [1.29, 1.82) is 0 Å². The minimum absolute atomic E-state index is 0. The van der Waals surface area contributed by atoms with Gasteiger partial charge in [0.1, 0.15) is 11.5 Å². The van der Waals surface area contributed by atoms with Crippen molar-refractivity contribution in [2.75, 3.05) is 21.3 Å². The molecule has 1 fully saturated rings. The maximum absolute atomic E-state index is 13.2. The van der Waals surface area contributed by atoms with Crippen molar-refractivity contribution >= 4 is 17.6 Å². The predicted molar refractivity (Wildman–Crippen MR) is 118 cm³/mol. The number of ether oxygens (including phenoxy) is 2. The third-order valence-corrected chi connectivity index (χ3v) is 6.54. The van der Waals surface area contributed by atoms with E-state index in [1.165, 1.54) is 27.7 Å². The molecule has 1 aliphatic carbocycles. The van der Waals surface area contributed by atoms with Gasteiger partial charge < -0.3 is 44.2 Å². The summed E-state index contributed by atoms with van der Waals surface area (Å²) in [6.45, 7) is 6.39. The first-order valence-electron chi connectivity index (χ1n) is 10.4. The van der Waals surface area contributed by atoms with Crippen LogP contribution in [0.5, 0.6) is 17.2 Å². The molecule has 0 amide bonds. The fourth-order valence-corrected chi connectivity index (χ4v) is 4.91. The summed E-state index contributed by atoms with van der Waals surface area (Å²) in [5, 5.41) is 32.7. The van der Waals surface area contributed by atoms with Crippen molar-refractivity contribution in [3.63, 3.8) is 0 Å². The topological polar surface area (TPSA) is 120 Å². The standard InChI is InChI=1S/C24H26N2O7.Y/c1-10-16(27)8-14(21(30)23(10)32-5)19-15-7-13-18(12(3)26(15)17(28)9-25(19)4)22(31)24(33-6)11(2)20(13)29;/h7,9,12,17,19,28-29,31H,1-6H3;/q-2;/t12-,17-,19+;/m0./s1. The number of carbonyl (C=O) groups is 2. The number of Topliss-reactive ketones (excluding diaryl/α,β-unsaturated/α-hetero) is 2. The number of aromatic hydroxyl groups is 2. The molecule has 10 heteroatoms. The maximum Gasteiger partial charge on any atom is 0.167 e. The Balaban J connectivity index is 0.00000324. The van der Waals surface area contributed by atoms with Gasteiger partial charge in [0, 0.05) is 67.4 Å². The molecule has 179 valence electrons. The number of aliphatic hydroxyl groups is 1. The van der Waals surface area contributed by atoms with Crippen molar-refractivity contribution in [3.8, 4) is 17.2 Å². The zero-order chi connectivity index (χ0) is 24.4. The van der Waals surface area contributed by atoms with Gasteiger partial charge in [0.05, 0.1) is 31.8 Å². The number of hydrogen-bond donors (Lipinski definition) is 3. The molecule has 0 saturated carbocycles. The Bertz CT molecular complexity index is 1170. The summed E-state index contributed by atoms with van der Waals surface area (Å²) in [7, 11) is 4.40. The fraction of sp³-hybridized carbons (Fsp3) is 0.375. The third-order valence-electron chi connectivity index (χ3n) is 6.54. The first-order chi connectivity index (χ1) is 15.5. The van der Waals surface area contributed by atoms with Gasteiger partial charge >= 0.3 is 0 Å². The normalized spacial score (nSPS) is 24.7. The number of likely N-dealkylation sites (N-methyl/N-ethyl adjacent to an activating group) is 1. The molecule has 3 aliphatic rings. The Morgan fingerprint density at radius 3 is 2.35 bits per heavy atom. The quantitative estimate of drug-likeness (QED) is 0.298. The van der Waals surface area contributed by atoms with Crippen LogP contribution in [0.25, 0.3) is 6.08 Å². The van der Waals surface area contributed by atoms with Crippen molar-refractivity contribution < 1.29 is 67.1 Å². The van der Waals surface area contributed by atoms with E-state index in [-0.39, 0.29) is 66.9 Å². The van der Waals surface area contributed by atoms with Gasteiger partial charge in [-0.15, -0.1) is 6.08 Å². The molecular formula is C24H26N2O7Y-2. The van der Waals surface area contributed by atoms with Crippen LogP contribution in [0.4, 0.5) is 0 Å². The number of piperazine rings is 1. The Kier molecular flexibility index (Phi) is 7.34. The Morgan fingerprint density at radius 2 is 1.76 bits per heavy atom. The van der Waals surface area contributed by atoms with Crippen LogP contribution >= 0.6 is 0 Å². The van der Waals surface area contributed by atoms with E-state index in [0.29, 0.717) is 22.4 Å². The van der Waals surface area contributed by atoms with Crippen molar-refractivity contribution in [2.45, 2.75) is 39.1 Å². The first kappa shape index (κ1) is 26.4. The molecule has 2 aliphatic heterocycles.